The van der Waals surface area contributed by atoms with E-state index in [2.05, 4.69) is 5.10 Å². The number of hydrazone groups is 1. The maximum absolute atomic E-state index is 13.8. The number of carbonyl (C=O) groups is 2. The molecule has 31 heavy (non-hydrogen) atoms. The van der Waals surface area contributed by atoms with Crippen molar-refractivity contribution in [1.82, 2.24) is 5.01 Å². The minimum atomic E-state index is -1.28. The van der Waals surface area contributed by atoms with Gasteiger partial charge < -0.3 is 9.15 Å². The van der Waals surface area contributed by atoms with Gasteiger partial charge in [0, 0.05) is 11.4 Å². The lowest BCUT2D eigenvalue weighted by Crippen LogP contribution is -2.31. The van der Waals surface area contributed by atoms with Crippen molar-refractivity contribution in [2.24, 2.45) is 5.10 Å². The van der Waals surface area contributed by atoms with E-state index in [9.17, 15) is 18.4 Å². The molecule has 1 aliphatic rings. The third-order valence-electron chi connectivity index (χ3n) is 4.71. The van der Waals surface area contributed by atoms with Crippen LogP contribution in [0.4, 0.5) is 8.78 Å². The van der Waals surface area contributed by atoms with Crippen LogP contribution in [0.15, 0.2) is 70.4 Å². The minimum absolute atomic E-state index is 0.358. The molecule has 1 aliphatic heterocycles. The second-order valence-electron chi connectivity index (χ2n) is 6.70. The molecule has 9 heteroatoms. The molecule has 1 aromatic heterocycles. The number of carbonyl (C=O) groups excluding carboxylic acids is 2. The molecular weight excluding hydrogens is 430 g/mol. The highest BCUT2D eigenvalue weighted by Crippen LogP contribution is 2.33. The fourth-order valence-corrected chi connectivity index (χ4v) is 3.34. The zero-order valence-electron chi connectivity index (χ0n) is 15.9. The Bertz CT molecular complexity index is 1130. The van der Waals surface area contributed by atoms with Crippen molar-refractivity contribution < 1.29 is 27.5 Å². The predicted molar refractivity (Wildman–Crippen MR) is 108 cm³/mol. The lowest BCUT2D eigenvalue weighted by Gasteiger charge is -2.19. The van der Waals surface area contributed by atoms with Crippen molar-refractivity contribution in [2.75, 3.05) is 6.61 Å². The predicted octanol–water partition coefficient (Wildman–Crippen LogP) is 4.75. The van der Waals surface area contributed by atoms with E-state index in [1.54, 1.807) is 36.4 Å². The average molecular weight is 445 g/mol. The topological polar surface area (TPSA) is 72.1 Å². The number of hydrogen-bond donors (Lipinski definition) is 0. The molecule has 1 unspecified atom stereocenters. The van der Waals surface area contributed by atoms with Gasteiger partial charge in [-0.25, -0.2) is 18.6 Å². The molecule has 0 bridgehead atoms. The monoisotopic (exact) mass is 444 g/mol. The molecule has 158 valence electrons. The standard InChI is InChI=1S/C22H15ClF2N2O4/c23-14-8-6-13(7-9-14)17-11-18(19-5-2-10-30-19)27(26-17)20(28)12-31-22(29)21-15(24)3-1-4-16(21)25/h1-10,18H,11-12H2. The minimum Gasteiger partial charge on any atom is -0.467 e. The van der Waals surface area contributed by atoms with Gasteiger partial charge in [0.2, 0.25) is 0 Å². The smallest absolute Gasteiger partial charge is 0.344 e. The molecule has 1 atom stereocenters. The molecular formula is C22H15ClF2N2O4. The molecule has 6 nitrogen and oxygen atoms in total. The molecule has 0 N–H and O–H groups in total. The maximum atomic E-state index is 13.8. The number of esters is 1. The first-order valence-corrected chi connectivity index (χ1v) is 9.62. The fourth-order valence-electron chi connectivity index (χ4n) is 3.22. The number of hydrogen-bond acceptors (Lipinski definition) is 5. The van der Waals surface area contributed by atoms with Crippen molar-refractivity contribution in [1.29, 1.82) is 0 Å². The van der Waals surface area contributed by atoms with Crippen molar-refractivity contribution in [3.63, 3.8) is 0 Å². The summed E-state index contributed by atoms with van der Waals surface area (Å²) in [6.45, 7) is -0.749. The normalized spacial score (nSPS) is 15.6. The summed E-state index contributed by atoms with van der Waals surface area (Å²) in [5.41, 5.74) is 0.518. The lowest BCUT2D eigenvalue weighted by molar-refractivity contribution is -0.136. The van der Waals surface area contributed by atoms with Gasteiger partial charge in [0.1, 0.15) is 29.0 Å². The van der Waals surface area contributed by atoms with Gasteiger partial charge in [-0.3, -0.25) is 4.79 Å². The molecule has 2 aromatic carbocycles. The molecule has 0 saturated heterocycles. The number of furan rings is 1. The third-order valence-corrected chi connectivity index (χ3v) is 4.96. The van der Waals surface area contributed by atoms with Crippen molar-refractivity contribution in [3.8, 4) is 0 Å². The quantitative estimate of drug-likeness (QED) is 0.532. The highest BCUT2D eigenvalue weighted by atomic mass is 35.5. The maximum Gasteiger partial charge on any atom is 0.344 e. The number of amides is 1. The molecule has 0 spiro atoms. The van der Waals surface area contributed by atoms with Crippen LogP contribution in [0.2, 0.25) is 5.02 Å². The Morgan fingerprint density at radius 3 is 2.45 bits per heavy atom. The van der Waals surface area contributed by atoms with Gasteiger partial charge in [0.05, 0.1) is 12.0 Å². The van der Waals surface area contributed by atoms with Gasteiger partial charge in [-0.2, -0.15) is 5.10 Å². The van der Waals surface area contributed by atoms with E-state index in [1.165, 1.54) is 6.26 Å². The van der Waals surface area contributed by atoms with E-state index in [0.29, 0.717) is 22.9 Å². The summed E-state index contributed by atoms with van der Waals surface area (Å²) in [7, 11) is 0. The van der Waals surface area contributed by atoms with E-state index in [0.717, 1.165) is 28.8 Å². The zero-order chi connectivity index (χ0) is 22.0. The lowest BCUT2D eigenvalue weighted by atomic mass is 10.0. The Morgan fingerprint density at radius 2 is 1.81 bits per heavy atom. The highest BCUT2D eigenvalue weighted by Gasteiger charge is 2.35. The van der Waals surface area contributed by atoms with E-state index < -0.39 is 41.7 Å². The number of halogens is 3. The molecule has 4 rings (SSSR count). The molecule has 0 fully saturated rings. The second-order valence-corrected chi connectivity index (χ2v) is 7.14. The summed E-state index contributed by atoms with van der Waals surface area (Å²) in [6.07, 6.45) is 1.83. The van der Waals surface area contributed by atoms with E-state index in [-0.39, 0.29) is 0 Å². The molecule has 2 heterocycles. The van der Waals surface area contributed by atoms with Crippen LogP contribution < -0.4 is 0 Å². The van der Waals surface area contributed by atoms with Crippen LogP contribution in [0.1, 0.15) is 34.1 Å². The summed E-state index contributed by atoms with van der Waals surface area (Å²) in [5.74, 6) is -3.60. The molecule has 1 amide bonds. The van der Waals surface area contributed by atoms with Gasteiger partial charge in [-0.05, 0) is 42.0 Å². The highest BCUT2D eigenvalue weighted by molar-refractivity contribution is 6.30. The van der Waals surface area contributed by atoms with Gasteiger partial charge in [0.25, 0.3) is 5.91 Å². The van der Waals surface area contributed by atoms with Gasteiger partial charge in [-0.1, -0.05) is 29.8 Å². The Labute approximate surface area is 180 Å². The van der Waals surface area contributed by atoms with Crippen LogP contribution in [0.3, 0.4) is 0 Å². The largest absolute Gasteiger partial charge is 0.467 e. The van der Waals surface area contributed by atoms with Crippen molar-refractivity contribution in [2.45, 2.75) is 12.5 Å². The van der Waals surface area contributed by atoms with Crippen LogP contribution in [0.25, 0.3) is 0 Å². The van der Waals surface area contributed by atoms with Crippen molar-refractivity contribution in [3.05, 3.63) is 94.4 Å². The Morgan fingerprint density at radius 1 is 1.10 bits per heavy atom. The Balaban J connectivity index is 1.53. The summed E-state index contributed by atoms with van der Waals surface area (Å²) in [6, 6.07) is 12.8. The molecule has 0 radical (unpaired) electrons. The van der Waals surface area contributed by atoms with E-state index >= 15 is 0 Å². The van der Waals surface area contributed by atoms with E-state index in [1.807, 2.05) is 0 Å². The molecule has 3 aromatic rings. The first-order chi connectivity index (χ1) is 14.9. The average Bonchev–Trinajstić information content (AvgIpc) is 3.42. The first-order valence-electron chi connectivity index (χ1n) is 9.24. The van der Waals surface area contributed by atoms with Gasteiger partial charge in [-0.15, -0.1) is 0 Å². The number of ether oxygens (including phenoxy) is 1. The number of nitrogens with zero attached hydrogens (tertiary/aromatic N) is 2. The Hall–Kier alpha value is -3.52. The Kier molecular flexibility index (Phi) is 5.81. The van der Waals surface area contributed by atoms with Gasteiger partial charge in [0.15, 0.2) is 6.61 Å². The van der Waals surface area contributed by atoms with Crippen molar-refractivity contribution >= 4 is 29.2 Å². The SMILES string of the molecule is O=C(OCC(=O)N1N=C(c2ccc(Cl)cc2)CC1c1ccco1)c1c(F)cccc1F. The summed E-state index contributed by atoms with van der Waals surface area (Å²) in [5, 5.41) is 6.08. The number of rotatable bonds is 5. The van der Waals surface area contributed by atoms with Crippen LogP contribution in [-0.4, -0.2) is 29.2 Å². The third kappa shape index (κ3) is 4.34. The van der Waals surface area contributed by atoms with E-state index in [4.69, 9.17) is 20.8 Å². The fraction of sp³-hybridized carbons (Fsp3) is 0.136. The van der Waals surface area contributed by atoms with Crippen LogP contribution in [-0.2, 0) is 9.53 Å². The zero-order valence-corrected chi connectivity index (χ0v) is 16.7. The summed E-state index contributed by atoms with van der Waals surface area (Å²) in [4.78, 5) is 24.9. The molecule has 0 saturated carbocycles. The first kappa shape index (κ1) is 20.7. The number of benzene rings is 2. The van der Waals surface area contributed by atoms with Crippen LogP contribution in [0, 0.1) is 11.6 Å². The van der Waals surface area contributed by atoms with Crippen LogP contribution in [0.5, 0.6) is 0 Å². The summed E-state index contributed by atoms with van der Waals surface area (Å²) >= 11 is 5.93. The summed E-state index contributed by atoms with van der Waals surface area (Å²) < 4.78 is 37.8. The second kappa shape index (κ2) is 8.69. The van der Waals surface area contributed by atoms with Gasteiger partial charge >= 0.3 is 5.97 Å². The van der Waals surface area contributed by atoms with Crippen LogP contribution >= 0.6 is 11.6 Å². The molecule has 0 aliphatic carbocycles.